The van der Waals surface area contributed by atoms with E-state index in [1.54, 1.807) is 18.3 Å². The SMILES string of the molecule is CN(C)c1ccc(-c2noc([C@@H]3CCCN3Cc3ccc(C(=O)O)cc3)n2)cn1. The van der Waals surface area contributed by atoms with E-state index in [1.807, 2.05) is 43.3 Å². The summed E-state index contributed by atoms with van der Waals surface area (Å²) < 4.78 is 5.58. The molecule has 0 saturated carbocycles. The maximum atomic E-state index is 11.0. The number of benzene rings is 1. The monoisotopic (exact) mass is 393 g/mol. The molecule has 0 amide bonds. The molecule has 3 aromatic rings. The number of hydrogen-bond acceptors (Lipinski definition) is 7. The maximum absolute atomic E-state index is 11.0. The van der Waals surface area contributed by atoms with Crippen molar-refractivity contribution in [3.8, 4) is 11.4 Å². The van der Waals surface area contributed by atoms with Crippen LogP contribution in [-0.4, -0.2) is 51.7 Å². The maximum Gasteiger partial charge on any atom is 0.335 e. The van der Waals surface area contributed by atoms with E-state index >= 15 is 0 Å². The van der Waals surface area contributed by atoms with Gasteiger partial charge in [0.2, 0.25) is 11.7 Å². The molecule has 1 aliphatic rings. The van der Waals surface area contributed by atoms with E-state index in [1.165, 1.54) is 0 Å². The summed E-state index contributed by atoms with van der Waals surface area (Å²) in [4.78, 5) is 24.3. The van der Waals surface area contributed by atoms with Gasteiger partial charge in [-0.15, -0.1) is 0 Å². The third-order valence-electron chi connectivity index (χ3n) is 5.14. The van der Waals surface area contributed by atoms with Crippen molar-refractivity contribution in [1.82, 2.24) is 20.0 Å². The lowest BCUT2D eigenvalue weighted by Crippen LogP contribution is -2.23. The number of pyridine rings is 1. The molecule has 0 bridgehead atoms. The molecule has 1 aromatic carbocycles. The van der Waals surface area contributed by atoms with Gasteiger partial charge in [-0.3, -0.25) is 4.90 Å². The van der Waals surface area contributed by atoms with Gasteiger partial charge in [-0.05, 0) is 49.2 Å². The van der Waals surface area contributed by atoms with E-state index in [9.17, 15) is 4.79 Å². The molecule has 4 rings (SSSR count). The highest BCUT2D eigenvalue weighted by Crippen LogP contribution is 2.33. The number of carboxylic acid groups (broad SMARTS) is 1. The first-order chi connectivity index (χ1) is 14.0. The van der Waals surface area contributed by atoms with E-state index in [0.717, 1.165) is 36.3 Å². The molecule has 8 nitrogen and oxygen atoms in total. The molecular weight excluding hydrogens is 370 g/mol. The van der Waals surface area contributed by atoms with Crippen molar-refractivity contribution in [3.63, 3.8) is 0 Å². The molecule has 0 spiro atoms. The van der Waals surface area contributed by atoms with Crippen molar-refractivity contribution >= 4 is 11.8 Å². The number of nitrogens with zero attached hydrogens (tertiary/aromatic N) is 5. The number of carbonyl (C=O) groups is 1. The third kappa shape index (κ3) is 4.12. The zero-order chi connectivity index (χ0) is 20.4. The van der Waals surface area contributed by atoms with E-state index in [0.29, 0.717) is 23.8 Å². The van der Waals surface area contributed by atoms with Crippen LogP contribution in [0.25, 0.3) is 11.4 Å². The van der Waals surface area contributed by atoms with Crippen LogP contribution in [0.15, 0.2) is 47.1 Å². The van der Waals surface area contributed by atoms with E-state index < -0.39 is 5.97 Å². The molecule has 1 aliphatic heterocycles. The van der Waals surface area contributed by atoms with Crippen molar-refractivity contribution in [2.75, 3.05) is 25.5 Å². The zero-order valence-electron chi connectivity index (χ0n) is 16.4. The first-order valence-corrected chi connectivity index (χ1v) is 9.55. The third-order valence-corrected chi connectivity index (χ3v) is 5.14. The van der Waals surface area contributed by atoms with Crippen LogP contribution in [0.5, 0.6) is 0 Å². The van der Waals surface area contributed by atoms with Crippen LogP contribution < -0.4 is 4.90 Å². The summed E-state index contributed by atoms with van der Waals surface area (Å²) in [6.07, 6.45) is 3.75. The van der Waals surface area contributed by atoms with Gasteiger partial charge in [0, 0.05) is 32.4 Å². The Hall–Kier alpha value is -3.26. The summed E-state index contributed by atoms with van der Waals surface area (Å²) in [6.45, 7) is 1.64. The van der Waals surface area contributed by atoms with Crippen LogP contribution in [0.2, 0.25) is 0 Å². The van der Waals surface area contributed by atoms with Gasteiger partial charge in [-0.2, -0.15) is 4.98 Å². The minimum Gasteiger partial charge on any atom is -0.478 e. The minimum absolute atomic E-state index is 0.0596. The predicted molar refractivity (Wildman–Crippen MR) is 108 cm³/mol. The molecular formula is C21H23N5O3. The number of carboxylic acids is 1. The van der Waals surface area contributed by atoms with Gasteiger partial charge in [0.05, 0.1) is 11.6 Å². The van der Waals surface area contributed by atoms with Crippen molar-refractivity contribution in [2.45, 2.75) is 25.4 Å². The molecule has 1 atom stereocenters. The van der Waals surface area contributed by atoms with Gasteiger partial charge in [0.15, 0.2) is 0 Å². The highest BCUT2D eigenvalue weighted by molar-refractivity contribution is 5.87. The van der Waals surface area contributed by atoms with Crippen LogP contribution in [0.4, 0.5) is 5.82 Å². The lowest BCUT2D eigenvalue weighted by Gasteiger charge is -2.21. The second kappa shape index (κ2) is 8.00. The smallest absolute Gasteiger partial charge is 0.335 e. The molecule has 1 N–H and O–H groups in total. The summed E-state index contributed by atoms with van der Waals surface area (Å²) in [7, 11) is 3.89. The lowest BCUT2D eigenvalue weighted by molar-refractivity contribution is 0.0697. The van der Waals surface area contributed by atoms with Crippen molar-refractivity contribution in [1.29, 1.82) is 0 Å². The van der Waals surface area contributed by atoms with Gasteiger partial charge < -0.3 is 14.5 Å². The van der Waals surface area contributed by atoms with Gasteiger partial charge in [0.1, 0.15) is 5.82 Å². The van der Waals surface area contributed by atoms with Gasteiger partial charge in [-0.1, -0.05) is 17.3 Å². The van der Waals surface area contributed by atoms with E-state index in [-0.39, 0.29) is 6.04 Å². The molecule has 0 radical (unpaired) electrons. The lowest BCUT2D eigenvalue weighted by atomic mass is 10.1. The Labute approximate surface area is 168 Å². The Morgan fingerprint density at radius 3 is 2.69 bits per heavy atom. The minimum atomic E-state index is -0.915. The summed E-state index contributed by atoms with van der Waals surface area (Å²) in [5.74, 6) is 1.10. The van der Waals surface area contributed by atoms with E-state index in [2.05, 4.69) is 20.0 Å². The van der Waals surface area contributed by atoms with Crippen LogP contribution >= 0.6 is 0 Å². The summed E-state index contributed by atoms with van der Waals surface area (Å²) in [5, 5.41) is 13.2. The number of likely N-dealkylation sites (tertiary alicyclic amines) is 1. The van der Waals surface area contributed by atoms with Gasteiger partial charge in [0.25, 0.3) is 0 Å². The number of hydrogen-bond donors (Lipinski definition) is 1. The molecule has 29 heavy (non-hydrogen) atoms. The molecule has 3 heterocycles. The summed E-state index contributed by atoms with van der Waals surface area (Å²) in [5.41, 5.74) is 2.17. The molecule has 2 aromatic heterocycles. The normalized spacial score (nSPS) is 16.8. The van der Waals surface area contributed by atoms with E-state index in [4.69, 9.17) is 9.63 Å². The quantitative estimate of drug-likeness (QED) is 0.682. The van der Waals surface area contributed by atoms with Crippen LogP contribution in [0.3, 0.4) is 0 Å². The first-order valence-electron chi connectivity index (χ1n) is 9.55. The highest BCUT2D eigenvalue weighted by Gasteiger charge is 2.30. The van der Waals surface area contributed by atoms with Gasteiger partial charge in [-0.25, -0.2) is 9.78 Å². The van der Waals surface area contributed by atoms with Crippen molar-refractivity contribution in [3.05, 3.63) is 59.6 Å². The zero-order valence-corrected chi connectivity index (χ0v) is 16.4. The second-order valence-electron chi connectivity index (χ2n) is 7.39. The fourth-order valence-corrected chi connectivity index (χ4v) is 3.55. The summed E-state index contributed by atoms with van der Waals surface area (Å²) in [6, 6.07) is 10.9. The number of aromatic carboxylic acids is 1. The average molecular weight is 393 g/mol. The molecule has 0 aliphatic carbocycles. The number of rotatable bonds is 6. The molecule has 150 valence electrons. The van der Waals surface area contributed by atoms with Gasteiger partial charge >= 0.3 is 5.97 Å². The molecule has 1 saturated heterocycles. The topological polar surface area (TPSA) is 95.6 Å². The standard InChI is InChI=1S/C21H23N5O3/c1-25(2)18-10-9-16(12-22-18)19-23-20(29-24-19)17-4-3-11-26(17)13-14-5-7-15(8-6-14)21(27)28/h5-10,12,17H,3-4,11,13H2,1-2H3,(H,27,28)/t17-/m0/s1. The first kappa shape index (κ1) is 19.1. The van der Waals surface area contributed by atoms with Crippen LogP contribution in [-0.2, 0) is 6.54 Å². The number of aromatic nitrogens is 3. The number of anilines is 1. The van der Waals surface area contributed by atoms with Crippen molar-refractivity contribution in [2.24, 2.45) is 0 Å². The van der Waals surface area contributed by atoms with Crippen LogP contribution in [0, 0.1) is 0 Å². The Kier molecular flexibility index (Phi) is 5.26. The molecule has 8 heteroatoms. The second-order valence-corrected chi connectivity index (χ2v) is 7.39. The Bertz CT molecular complexity index is 982. The van der Waals surface area contributed by atoms with Crippen LogP contribution in [0.1, 0.15) is 40.7 Å². The molecule has 1 fully saturated rings. The Morgan fingerprint density at radius 1 is 1.24 bits per heavy atom. The Morgan fingerprint density at radius 2 is 2.03 bits per heavy atom. The highest BCUT2D eigenvalue weighted by atomic mass is 16.5. The summed E-state index contributed by atoms with van der Waals surface area (Å²) >= 11 is 0. The fraction of sp³-hybridized carbons (Fsp3) is 0.333. The fourth-order valence-electron chi connectivity index (χ4n) is 3.55. The largest absolute Gasteiger partial charge is 0.478 e. The Balaban J connectivity index is 1.48. The molecule has 0 unspecified atom stereocenters. The van der Waals surface area contributed by atoms with Crippen molar-refractivity contribution < 1.29 is 14.4 Å². The average Bonchev–Trinajstić information content (AvgIpc) is 3.38. The predicted octanol–water partition coefficient (Wildman–Crippen LogP) is 3.23.